The molecule has 2 aromatic carbocycles. The molecule has 1 fully saturated rings. The Labute approximate surface area is 237 Å². The summed E-state index contributed by atoms with van der Waals surface area (Å²) in [6, 6.07) is 15.4. The number of carbonyl (C=O) groups excluding carboxylic acids is 3. The van der Waals surface area contributed by atoms with Crippen molar-refractivity contribution in [3.8, 4) is 11.1 Å². The Hall–Kier alpha value is -3.51. The Balaban J connectivity index is 0.000000843. The van der Waals surface area contributed by atoms with Crippen LogP contribution in [0.5, 0.6) is 0 Å². The molecule has 2 aliphatic rings. The van der Waals surface area contributed by atoms with E-state index in [4.69, 9.17) is 15.2 Å². The van der Waals surface area contributed by atoms with Crippen molar-refractivity contribution in [3.63, 3.8) is 0 Å². The number of benzene rings is 2. The van der Waals surface area contributed by atoms with Gasteiger partial charge < -0.3 is 42.8 Å². The summed E-state index contributed by atoms with van der Waals surface area (Å²) in [5.74, 6) is -0.304. The lowest BCUT2D eigenvalue weighted by Gasteiger charge is -2.18. The van der Waals surface area contributed by atoms with Crippen LogP contribution in [0, 0.1) is 0 Å². The zero-order chi connectivity index (χ0) is 27.9. The first-order valence-electron chi connectivity index (χ1n) is 13.3. The van der Waals surface area contributed by atoms with Gasteiger partial charge >= 0.3 is 6.09 Å². The molecule has 2 atom stereocenters. The number of hydrogen-bond acceptors (Lipinski definition) is 7. The maximum Gasteiger partial charge on any atom is 0.407 e. The third-order valence-electron chi connectivity index (χ3n) is 6.46. The van der Waals surface area contributed by atoms with Crippen LogP contribution in [0.15, 0.2) is 48.5 Å². The van der Waals surface area contributed by atoms with Crippen molar-refractivity contribution in [1.29, 1.82) is 0 Å². The van der Waals surface area contributed by atoms with Gasteiger partial charge in [-0.05, 0) is 47.9 Å². The monoisotopic (exact) mass is 561 g/mol. The Morgan fingerprint density at radius 3 is 1.77 bits per heavy atom. The molecular formula is C29H47N5O6. The van der Waals surface area contributed by atoms with E-state index in [1.165, 1.54) is 24.0 Å². The number of nitrogens with one attached hydrogen (secondary N) is 3. The van der Waals surface area contributed by atoms with Gasteiger partial charge in [-0.1, -0.05) is 62.4 Å². The minimum Gasteiger partial charge on any atom is -0.449 e. The number of hydrogen-bond donors (Lipinski definition) is 5. The second kappa shape index (κ2) is 19.5. The maximum absolute atomic E-state index is 12.1. The third-order valence-corrected chi connectivity index (χ3v) is 6.46. The molecule has 0 aromatic heterocycles. The summed E-state index contributed by atoms with van der Waals surface area (Å²) in [6.45, 7) is 5.95. The number of rotatable bonds is 7. The van der Waals surface area contributed by atoms with E-state index in [1.54, 1.807) is 14.1 Å². The third kappa shape index (κ3) is 10.6. The van der Waals surface area contributed by atoms with Crippen LogP contribution >= 0.6 is 0 Å². The average Bonchev–Trinajstić information content (AvgIpc) is 3.65. The molecule has 10 N–H and O–H groups in total. The van der Waals surface area contributed by atoms with Gasteiger partial charge in [-0.2, -0.15) is 0 Å². The lowest BCUT2D eigenvalue weighted by atomic mass is 9.98. The summed E-state index contributed by atoms with van der Waals surface area (Å²) in [4.78, 5) is 34.3. The minimum absolute atomic E-state index is 0. The molecule has 0 unspecified atom stereocenters. The van der Waals surface area contributed by atoms with Crippen molar-refractivity contribution in [3.05, 3.63) is 59.7 Å². The minimum atomic E-state index is -0.583. The maximum atomic E-state index is 12.1. The van der Waals surface area contributed by atoms with Crippen LogP contribution in [0.1, 0.15) is 56.6 Å². The van der Waals surface area contributed by atoms with E-state index in [9.17, 15) is 14.4 Å². The fourth-order valence-electron chi connectivity index (χ4n) is 4.19. The molecule has 2 aromatic rings. The van der Waals surface area contributed by atoms with Gasteiger partial charge in [-0.15, -0.1) is 0 Å². The number of carbonyl (C=O) groups is 3. The van der Waals surface area contributed by atoms with E-state index in [0.29, 0.717) is 12.8 Å². The molecule has 1 aliphatic carbocycles. The lowest BCUT2D eigenvalue weighted by molar-refractivity contribution is -0.123. The predicted molar refractivity (Wildman–Crippen MR) is 157 cm³/mol. The molecule has 0 spiro atoms. The van der Waals surface area contributed by atoms with Crippen molar-refractivity contribution in [1.82, 2.24) is 22.1 Å². The molecule has 224 valence electrons. The topological polar surface area (TPSA) is 198 Å². The van der Waals surface area contributed by atoms with Gasteiger partial charge in [0, 0.05) is 33.2 Å². The molecule has 1 aliphatic heterocycles. The fourth-order valence-corrected chi connectivity index (χ4v) is 4.19. The highest BCUT2D eigenvalue weighted by Crippen LogP contribution is 2.44. The van der Waals surface area contributed by atoms with Crippen molar-refractivity contribution in [2.75, 3.05) is 33.9 Å². The van der Waals surface area contributed by atoms with Crippen LogP contribution in [-0.4, -0.2) is 69.4 Å². The number of likely N-dealkylation sites (N-methyl/N-ethyl adjacent to an activating group) is 2. The van der Waals surface area contributed by atoms with Crippen LogP contribution in [0.3, 0.4) is 0 Å². The molecule has 1 saturated heterocycles. The van der Waals surface area contributed by atoms with Gasteiger partial charge in [0.15, 0.2) is 0 Å². The Bertz CT molecular complexity index is 994. The van der Waals surface area contributed by atoms with Crippen molar-refractivity contribution < 1.29 is 29.3 Å². The van der Waals surface area contributed by atoms with E-state index >= 15 is 0 Å². The smallest absolute Gasteiger partial charge is 0.407 e. The molecule has 0 bridgehead atoms. The molecule has 11 nitrogen and oxygen atoms in total. The summed E-state index contributed by atoms with van der Waals surface area (Å²) in [6.07, 6.45) is 3.18. The summed E-state index contributed by atoms with van der Waals surface area (Å²) >= 11 is 0. The highest BCUT2D eigenvalue weighted by atomic mass is 16.5. The van der Waals surface area contributed by atoms with Gasteiger partial charge in [0.25, 0.3) is 0 Å². The quantitative estimate of drug-likeness (QED) is 0.342. The molecule has 1 heterocycles. The molecule has 0 radical (unpaired) electrons. The van der Waals surface area contributed by atoms with E-state index < -0.39 is 12.1 Å². The zero-order valence-electron chi connectivity index (χ0n) is 24.1. The molecule has 4 rings (SSSR count). The van der Waals surface area contributed by atoms with Gasteiger partial charge in [-0.25, -0.2) is 4.79 Å². The second-order valence-electron chi connectivity index (χ2n) is 8.99. The SMILES string of the molecule is C1CCOC1.CC[C@@H](N)C(=O)NC.CC[C@@H](NC(=O)OCC1c2ccccc2-c2ccccc21)C(=O)NC.N.O. The first kappa shape index (κ1) is 36.5. The van der Waals surface area contributed by atoms with Crippen LogP contribution in [0.4, 0.5) is 4.79 Å². The number of alkyl carbamates (subject to hydrolysis) is 1. The first-order chi connectivity index (χ1) is 18.4. The second-order valence-corrected chi connectivity index (χ2v) is 8.99. The molecule has 40 heavy (non-hydrogen) atoms. The Morgan fingerprint density at radius 1 is 0.900 bits per heavy atom. The number of fused-ring (bicyclic) bond motifs is 3. The van der Waals surface area contributed by atoms with Crippen LogP contribution < -0.4 is 27.8 Å². The van der Waals surface area contributed by atoms with Crippen molar-refractivity contribution in [2.45, 2.75) is 57.5 Å². The van der Waals surface area contributed by atoms with E-state index in [2.05, 4.69) is 40.2 Å². The highest BCUT2D eigenvalue weighted by molar-refractivity contribution is 5.85. The standard InChI is InChI=1S/C20H22N2O3.C5H12N2O.C4H8O.H3N.H2O/c1-3-18(19(23)21-2)22-20(24)25-12-17-15-10-6-4-8-13(15)14-9-5-7-11-16(14)17;1-3-4(6)5(8)7-2;1-2-4-5-3-1;;/h4-11,17-18H,3,12H2,1-2H3,(H,21,23)(H,22,24);4H,3,6H2,1-2H3,(H,7,8);1-4H2;1H3;1H2/t18-;4-;;;/m11.../s1. The fraction of sp³-hybridized carbons (Fsp3) is 0.483. The first-order valence-corrected chi connectivity index (χ1v) is 13.3. The van der Waals surface area contributed by atoms with Crippen LogP contribution in [0.2, 0.25) is 0 Å². The average molecular weight is 562 g/mol. The van der Waals surface area contributed by atoms with Crippen molar-refractivity contribution >= 4 is 17.9 Å². The summed E-state index contributed by atoms with van der Waals surface area (Å²) in [7, 11) is 3.13. The molecule has 3 amide bonds. The lowest BCUT2D eigenvalue weighted by Crippen LogP contribution is -2.45. The Morgan fingerprint density at radius 2 is 1.40 bits per heavy atom. The predicted octanol–water partition coefficient (Wildman–Crippen LogP) is 2.65. The van der Waals surface area contributed by atoms with E-state index in [-0.39, 0.29) is 42.0 Å². The van der Waals surface area contributed by atoms with Crippen LogP contribution in [-0.2, 0) is 19.1 Å². The Kier molecular flexibility index (Phi) is 17.8. The highest BCUT2D eigenvalue weighted by Gasteiger charge is 2.29. The summed E-state index contributed by atoms with van der Waals surface area (Å²) in [5, 5.41) is 7.60. The number of ether oxygens (including phenoxy) is 2. The molecular weight excluding hydrogens is 514 g/mol. The zero-order valence-corrected chi connectivity index (χ0v) is 24.1. The van der Waals surface area contributed by atoms with Gasteiger partial charge in [-0.3, -0.25) is 9.59 Å². The summed E-state index contributed by atoms with van der Waals surface area (Å²) in [5.41, 5.74) is 10.0. The van der Waals surface area contributed by atoms with Gasteiger partial charge in [0.1, 0.15) is 12.6 Å². The normalized spacial score (nSPS) is 14.0. The molecule has 0 saturated carbocycles. The summed E-state index contributed by atoms with van der Waals surface area (Å²) < 4.78 is 10.4. The number of nitrogens with two attached hydrogens (primary N) is 1. The number of amides is 3. The largest absolute Gasteiger partial charge is 0.449 e. The van der Waals surface area contributed by atoms with Crippen molar-refractivity contribution in [2.24, 2.45) is 5.73 Å². The van der Waals surface area contributed by atoms with Gasteiger partial charge in [0.2, 0.25) is 11.8 Å². The van der Waals surface area contributed by atoms with Crippen LogP contribution in [0.25, 0.3) is 11.1 Å². The van der Waals surface area contributed by atoms with Gasteiger partial charge in [0.05, 0.1) is 6.04 Å². The molecule has 11 heteroatoms. The van der Waals surface area contributed by atoms with E-state index in [0.717, 1.165) is 24.3 Å². The van der Waals surface area contributed by atoms with E-state index in [1.807, 2.05) is 38.1 Å².